The zero-order valence-corrected chi connectivity index (χ0v) is 14.1. The van der Waals surface area contributed by atoms with Gasteiger partial charge in [-0.25, -0.2) is 4.98 Å². The molecular weight excluding hydrogens is 338 g/mol. The van der Waals surface area contributed by atoms with Gasteiger partial charge in [0, 0.05) is 18.9 Å². The number of hydrogen-bond donors (Lipinski definition) is 2. The molecule has 0 bridgehead atoms. The fraction of sp³-hybridized carbons (Fsp3) is 0.375. The zero-order valence-electron chi connectivity index (χ0n) is 14.1. The van der Waals surface area contributed by atoms with Crippen molar-refractivity contribution in [3.63, 3.8) is 0 Å². The lowest BCUT2D eigenvalue weighted by Crippen LogP contribution is -2.33. The van der Waals surface area contributed by atoms with Crippen molar-refractivity contribution in [2.24, 2.45) is 5.41 Å². The number of nitriles is 1. The smallest absolute Gasteiger partial charge is 0.325 e. The Kier molecular flexibility index (Phi) is 4.53. The van der Waals surface area contributed by atoms with Crippen molar-refractivity contribution in [2.45, 2.75) is 26.3 Å². The van der Waals surface area contributed by atoms with E-state index in [9.17, 15) is 14.9 Å². The number of aromatic nitrogens is 4. The molecule has 0 spiro atoms. The molecule has 0 aromatic carbocycles. The van der Waals surface area contributed by atoms with Gasteiger partial charge in [-0.3, -0.25) is 19.2 Å². The first-order valence-electron chi connectivity index (χ1n) is 8.05. The molecule has 1 atom stereocenters. The van der Waals surface area contributed by atoms with Crippen molar-refractivity contribution < 1.29 is 14.7 Å². The minimum absolute atomic E-state index is 0.246. The third-order valence-electron chi connectivity index (χ3n) is 4.34. The van der Waals surface area contributed by atoms with Gasteiger partial charge in [0.25, 0.3) is 0 Å². The summed E-state index contributed by atoms with van der Waals surface area (Å²) in [7, 11) is 0. The number of carboxylic acids is 1. The van der Waals surface area contributed by atoms with Crippen LogP contribution in [0.1, 0.15) is 19.8 Å². The maximum Gasteiger partial charge on any atom is 0.325 e. The molecule has 134 valence electrons. The monoisotopic (exact) mass is 355 g/mol. The van der Waals surface area contributed by atoms with E-state index in [1.165, 1.54) is 28.2 Å². The largest absolute Gasteiger partial charge is 0.480 e. The number of nitrogens with one attached hydrogen (secondary N) is 1. The van der Waals surface area contributed by atoms with Gasteiger partial charge >= 0.3 is 5.97 Å². The highest BCUT2D eigenvalue weighted by molar-refractivity contribution is 6.01. The van der Waals surface area contributed by atoms with Crippen LogP contribution in [0.15, 0.2) is 24.7 Å². The first-order chi connectivity index (χ1) is 12.5. The first kappa shape index (κ1) is 17.3. The van der Waals surface area contributed by atoms with Crippen molar-refractivity contribution >= 4 is 29.3 Å². The summed E-state index contributed by atoms with van der Waals surface area (Å²) < 4.78 is 1.26. The topological polar surface area (TPSA) is 137 Å². The molecule has 0 aliphatic carbocycles. The summed E-state index contributed by atoms with van der Waals surface area (Å²) in [6.07, 6.45) is 5.41. The van der Waals surface area contributed by atoms with E-state index >= 15 is 0 Å². The Bertz CT molecular complexity index is 888. The molecule has 1 unspecified atom stereocenters. The molecule has 1 aliphatic heterocycles. The standard InChI is InChI=1S/C16H17N7O3/c1-2-16(10-17)4-6-23(14(16)26)12-3-5-18-15(21-12)20-11-7-19-22(8-11)9-13(24)25/h3,5,7-8H,2,4,6,9H2,1H3,(H,24,25)(H,18,20,21). The third-order valence-corrected chi connectivity index (χ3v) is 4.34. The van der Waals surface area contributed by atoms with Gasteiger partial charge < -0.3 is 10.4 Å². The second-order valence-corrected chi connectivity index (χ2v) is 5.94. The molecule has 1 amide bonds. The molecule has 3 rings (SSSR count). The van der Waals surface area contributed by atoms with Crippen LogP contribution in [0, 0.1) is 16.7 Å². The fourth-order valence-corrected chi connectivity index (χ4v) is 2.84. The predicted molar refractivity (Wildman–Crippen MR) is 90.5 cm³/mol. The van der Waals surface area contributed by atoms with Gasteiger partial charge in [0.1, 0.15) is 17.8 Å². The van der Waals surface area contributed by atoms with Gasteiger partial charge in [-0.05, 0) is 18.9 Å². The Morgan fingerprint density at radius 2 is 2.35 bits per heavy atom. The van der Waals surface area contributed by atoms with Crippen molar-refractivity contribution in [2.75, 3.05) is 16.8 Å². The normalized spacial score (nSPS) is 19.4. The van der Waals surface area contributed by atoms with Crippen LogP contribution in [0.2, 0.25) is 0 Å². The molecule has 26 heavy (non-hydrogen) atoms. The molecule has 10 nitrogen and oxygen atoms in total. The highest BCUT2D eigenvalue weighted by Gasteiger charge is 2.46. The minimum Gasteiger partial charge on any atom is -0.480 e. The Labute approximate surface area is 149 Å². The Morgan fingerprint density at radius 3 is 3.00 bits per heavy atom. The molecule has 2 aromatic heterocycles. The number of carbonyl (C=O) groups is 2. The third kappa shape index (κ3) is 3.19. The number of rotatable bonds is 6. The van der Waals surface area contributed by atoms with Crippen LogP contribution in [0.3, 0.4) is 0 Å². The predicted octanol–water partition coefficient (Wildman–Crippen LogP) is 1.16. The van der Waals surface area contributed by atoms with Crippen LogP contribution < -0.4 is 10.2 Å². The lowest BCUT2D eigenvalue weighted by atomic mass is 9.85. The van der Waals surface area contributed by atoms with E-state index in [2.05, 4.69) is 26.5 Å². The summed E-state index contributed by atoms with van der Waals surface area (Å²) in [5, 5.41) is 25.0. The molecule has 3 heterocycles. The molecule has 10 heteroatoms. The number of anilines is 3. The molecule has 2 aromatic rings. The lowest BCUT2D eigenvalue weighted by molar-refractivity contribution is -0.137. The van der Waals surface area contributed by atoms with E-state index in [-0.39, 0.29) is 18.4 Å². The van der Waals surface area contributed by atoms with Crippen molar-refractivity contribution in [3.8, 4) is 6.07 Å². The van der Waals surface area contributed by atoms with Crippen LogP contribution in [0.5, 0.6) is 0 Å². The Balaban J connectivity index is 1.77. The van der Waals surface area contributed by atoms with Gasteiger partial charge in [0.2, 0.25) is 11.9 Å². The van der Waals surface area contributed by atoms with Crippen molar-refractivity contribution in [3.05, 3.63) is 24.7 Å². The summed E-state index contributed by atoms with van der Waals surface area (Å²) >= 11 is 0. The average Bonchev–Trinajstić information content (AvgIpc) is 3.19. The number of hydrogen-bond acceptors (Lipinski definition) is 7. The molecular formula is C16H17N7O3. The average molecular weight is 355 g/mol. The molecule has 2 N–H and O–H groups in total. The minimum atomic E-state index is -0.998. The number of nitrogens with zero attached hydrogens (tertiary/aromatic N) is 6. The maximum atomic E-state index is 12.6. The Morgan fingerprint density at radius 1 is 1.54 bits per heavy atom. The molecule has 0 saturated carbocycles. The van der Waals surface area contributed by atoms with Crippen molar-refractivity contribution in [1.29, 1.82) is 5.26 Å². The fourth-order valence-electron chi connectivity index (χ4n) is 2.84. The highest BCUT2D eigenvalue weighted by atomic mass is 16.4. The van der Waals surface area contributed by atoms with E-state index in [1.54, 1.807) is 6.07 Å². The number of amides is 1. The van der Waals surface area contributed by atoms with Gasteiger partial charge in [-0.15, -0.1) is 0 Å². The molecule has 1 aliphatic rings. The van der Waals surface area contributed by atoms with Gasteiger partial charge in [-0.2, -0.15) is 15.3 Å². The quantitative estimate of drug-likeness (QED) is 0.787. The van der Waals surface area contributed by atoms with Crippen LogP contribution in [0.25, 0.3) is 0 Å². The molecule has 1 saturated heterocycles. The van der Waals surface area contributed by atoms with E-state index in [0.29, 0.717) is 30.9 Å². The van der Waals surface area contributed by atoms with Gasteiger partial charge in [0.15, 0.2) is 0 Å². The van der Waals surface area contributed by atoms with Gasteiger partial charge in [-0.1, -0.05) is 6.92 Å². The highest BCUT2D eigenvalue weighted by Crippen LogP contribution is 2.36. The SMILES string of the molecule is CCC1(C#N)CCN(c2ccnc(Nc3cnn(CC(=O)O)c3)n2)C1=O. The molecule has 1 fully saturated rings. The van der Waals surface area contributed by atoms with Crippen LogP contribution in [0.4, 0.5) is 17.5 Å². The van der Waals surface area contributed by atoms with E-state index in [0.717, 1.165) is 0 Å². The number of carboxylic acid groups (broad SMARTS) is 1. The summed E-state index contributed by atoms with van der Waals surface area (Å²) in [6, 6.07) is 3.75. The summed E-state index contributed by atoms with van der Waals surface area (Å²) in [4.78, 5) is 33.2. The first-order valence-corrected chi connectivity index (χ1v) is 8.05. The van der Waals surface area contributed by atoms with Crippen LogP contribution in [-0.4, -0.2) is 43.3 Å². The van der Waals surface area contributed by atoms with Crippen LogP contribution in [-0.2, 0) is 16.1 Å². The summed E-state index contributed by atoms with van der Waals surface area (Å²) in [5.74, 6) is -0.587. The zero-order chi connectivity index (χ0) is 18.7. The van der Waals surface area contributed by atoms with Crippen LogP contribution >= 0.6 is 0 Å². The van der Waals surface area contributed by atoms with Crippen molar-refractivity contribution in [1.82, 2.24) is 19.7 Å². The summed E-state index contributed by atoms with van der Waals surface area (Å²) in [5.41, 5.74) is -0.465. The number of carbonyl (C=O) groups excluding carboxylic acids is 1. The van der Waals surface area contributed by atoms with E-state index in [1.807, 2.05) is 6.92 Å². The summed E-state index contributed by atoms with van der Waals surface area (Å²) in [6.45, 7) is 2.00. The van der Waals surface area contributed by atoms with E-state index in [4.69, 9.17) is 5.11 Å². The second kappa shape index (κ2) is 6.79. The number of aliphatic carboxylic acids is 1. The molecule has 0 radical (unpaired) electrons. The van der Waals surface area contributed by atoms with Gasteiger partial charge in [0.05, 0.1) is 18.0 Å². The maximum absolute atomic E-state index is 12.6. The second-order valence-electron chi connectivity index (χ2n) is 5.94. The van der Waals surface area contributed by atoms with E-state index < -0.39 is 11.4 Å². The Hall–Kier alpha value is -3.48. The lowest BCUT2D eigenvalue weighted by Gasteiger charge is -2.19.